The van der Waals surface area contributed by atoms with Gasteiger partial charge in [0.05, 0.1) is 5.69 Å². The number of nitrogens with one attached hydrogen (secondary N) is 2. The number of para-hydroxylation sites is 2. The Morgan fingerprint density at radius 1 is 1.12 bits per heavy atom. The van der Waals surface area contributed by atoms with E-state index in [0.29, 0.717) is 5.69 Å². The number of H-pyrrole nitrogens is 1. The summed E-state index contributed by atoms with van der Waals surface area (Å²) in [7, 11) is 0. The van der Waals surface area contributed by atoms with Crippen LogP contribution in [0, 0.1) is 0 Å². The Morgan fingerprint density at radius 3 is 2.59 bits per heavy atom. The third kappa shape index (κ3) is 2.52. The highest BCUT2D eigenvalue weighted by Crippen LogP contribution is 2.21. The third-order valence-electron chi connectivity index (χ3n) is 2.17. The highest BCUT2D eigenvalue weighted by molar-refractivity contribution is 6.03. The summed E-state index contributed by atoms with van der Waals surface area (Å²) in [5, 5.41) is 12.0. The van der Waals surface area contributed by atoms with Crippen molar-refractivity contribution in [1.29, 1.82) is 0 Å². The largest absolute Gasteiger partial charge is 0.506 e. The first-order chi connectivity index (χ1) is 8.16. The van der Waals surface area contributed by atoms with Crippen molar-refractivity contribution >= 4 is 11.6 Å². The maximum absolute atomic E-state index is 11.7. The van der Waals surface area contributed by atoms with E-state index in [-0.39, 0.29) is 17.0 Å². The predicted molar refractivity (Wildman–Crippen MR) is 63.1 cm³/mol. The van der Waals surface area contributed by atoms with Gasteiger partial charge in [-0.05, 0) is 18.2 Å². The Balaban J connectivity index is 2.23. The summed E-state index contributed by atoms with van der Waals surface area (Å²) in [6.45, 7) is 0. The molecule has 1 aromatic heterocycles. The first-order valence-corrected chi connectivity index (χ1v) is 4.95. The van der Waals surface area contributed by atoms with Gasteiger partial charge in [0.25, 0.3) is 5.91 Å². The maximum Gasteiger partial charge on any atom is 0.272 e. The molecule has 17 heavy (non-hydrogen) atoms. The zero-order chi connectivity index (χ0) is 12.3. The fourth-order valence-electron chi connectivity index (χ4n) is 1.35. The first kappa shape index (κ1) is 10.9. The number of pyridine rings is 1. The minimum Gasteiger partial charge on any atom is -0.506 e. The summed E-state index contributed by atoms with van der Waals surface area (Å²) in [5.41, 5.74) is 0.0814. The van der Waals surface area contributed by atoms with Crippen LogP contribution in [-0.4, -0.2) is 16.0 Å². The molecule has 5 heteroatoms. The van der Waals surface area contributed by atoms with Crippen LogP contribution in [0.3, 0.4) is 0 Å². The van der Waals surface area contributed by atoms with Crippen LogP contribution < -0.4 is 10.9 Å². The van der Waals surface area contributed by atoms with Crippen molar-refractivity contribution in [3.05, 3.63) is 58.5 Å². The Hall–Kier alpha value is -2.56. The van der Waals surface area contributed by atoms with Crippen LogP contribution in [0.2, 0.25) is 0 Å². The van der Waals surface area contributed by atoms with Crippen LogP contribution in [0.15, 0.2) is 47.3 Å². The Morgan fingerprint density at radius 2 is 1.88 bits per heavy atom. The van der Waals surface area contributed by atoms with Gasteiger partial charge in [0.2, 0.25) is 5.56 Å². The van der Waals surface area contributed by atoms with Crippen LogP contribution in [-0.2, 0) is 0 Å². The van der Waals surface area contributed by atoms with E-state index in [2.05, 4.69) is 10.3 Å². The van der Waals surface area contributed by atoms with E-state index in [9.17, 15) is 14.7 Å². The number of aromatic amines is 1. The molecule has 0 saturated heterocycles. The van der Waals surface area contributed by atoms with Crippen molar-refractivity contribution in [3.63, 3.8) is 0 Å². The molecule has 86 valence electrons. The standard InChI is InChI=1S/C12H10N2O3/c15-10-6-2-1-4-8(10)14-12(17)9-5-3-7-11(16)13-9/h1-7,15H,(H,13,16)(H,14,17). The van der Waals surface area contributed by atoms with Gasteiger partial charge in [-0.25, -0.2) is 0 Å². The summed E-state index contributed by atoms with van der Waals surface area (Å²) < 4.78 is 0. The van der Waals surface area contributed by atoms with Gasteiger partial charge in [0.15, 0.2) is 0 Å². The lowest BCUT2D eigenvalue weighted by molar-refractivity contribution is 0.102. The molecule has 2 rings (SSSR count). The molecule has 0 fully saturated rings. The molecule has 1 aromatic carbocycles. The Bertz CT molecular complexity index is 604. The van der Waals surface area contributed by atoms with Gasteiger partial charge in [-0.2, -0.15) is 0 Å². The predicted octanol–water partition coefficient (Wildman–Crippen LogP) is 1.33. The van der Waals surface area contributed by atoms with E-state index in [1.165, 1.54) is 24.3 Å². The number of hydrogen-bond donors (Lipinski definition) is 3. The molecular weight excluding hydrogens is 220 g/mol. The quantitative estimate of drug-likeness (QED) is 0.681. The summed E-state index contributed by atoms with van der Waals surface area (Å²) in [4.78, 5) is 25.2. The number of anilines is 1. The third-order valence-corrected chi connectivity index (χ3v) is 2.17. The summed E-state index contributed by atoms with van der Waals surface area (Å²) >= 11 is 0. The van der Waals surface area contributed by atoms with Gasteiger partial charge in [0, 0.05) is 6.07 Å². The van der Waals surface area contributed by atoms with Crippen LogP contribution in [0.25, 0.3) is 0 Å². The van der Waals surface area contributed by atoms with E-state index in [1.807, 2.05) is 0 Å². The summed E-state index contributed by atoms with van der Waals surface area (Å²) in [5.74, 6) is -0.511. The number of aromatic hydroxyl groups is 1. The average molecular weight is 230 g/mol. The molecule has 0 atom stereocenters. The van der Waals surface area contributed by atoms with E-state index in [0.717, 1.165) is 0 Å². The summed E-state index contributed by atoms with van der Waals surface area (Å²) in [6, 6.07) is 10.6. The van der Waals surface area contributed by atoms with Crippen molar-refractivity contribution in [2.75, 3.05) is 5.32 Å². The van der Waals surface area contributed by atoms with Crippen molar-refractivity contribution in [2.24, 2.45) is 0 Å². The van der Waals surface area contributed by atoms with Crippen LogP contribution >= 0.6 is 0 Å². The second-order valence-electron chi connectivity index (χ2n) is 3.40. The van der Waals surface area contributed by atoms with Gasteiger partial charge >= 0.3 is 0 Å². The van der Waals surface area contributed by atoms with Gasteiger partial charge in [-0.3, -0.25) is 9.59 Å². The number of carbonyl (C=O) groups is 1. The molecular formula is C12H10N2O3. The molecule has 1 heterocycles. The molecule has 0 bridgehead atoms. The molecule has 0 radical (unpaired) electrons. The monoisotopic (exact) mass is 230 g/mol. The fourth-order valence-corrected chi connectivity index (χ4v) is 1.35. The molecule has 5 nitrogen and oxygen atoms in total. The van der Waals surface area contributed by atoms with Crippen LogP contribution in [0.4, 0.5) is 5.69 Å². The van der Waals surface area contributed by atoms with Crippen molar-refractivity contribution < 1.29 is 9.90 Å². The molecule has 0 aliphatic heterocycles. The van der Waals surface area contributed by atoms with Crippen molar-refractivity contribution in [2.45, 2.75) is 0 Å². The minimum atomic E-state index is -0.482. The zero-order valence-electron chi connectivity index (χ0n) is 8.81. The van der Waals surface area contributed by atoms with E-state index < -0.39 is 5.91 Å². The SMILES string of the molecule is O=C(Nc1ccccc1O)c1cccc(=O)[nH]1. The van der Waals surface area contributed by atoms with Gasteiger partial charge < -0.3 is 15.4 Å². The van der Waals surface area contributed by atoms with Gasteiger partial charge in [0.1, 0.15) is 11.4 Å². The topological polar surface area (TPSA) is 82.2 Å². The Kier molecular flexibility index (Phi) is 2.91. The van der Waals surface area contributed by atoms with Crippen LogP contribution in [0.5, 0.6) is 5.75 Å². The zero-order valence-corrected chi connectivity index (χ0v) is 8.81. The number of aromatic nitrogens is 1. The minimum absolute atomic E-state index is 0.0286. The first-order valence-electron chi connectivity index (χ1n) is 4.95. The number of phenolic OH excluding ortho intramolecular Hbond substituents is 1. The lowest BCUT2D eigenvalue weighted by Crippen LogP contribution is -2.17. The molecule has 0 aliphatic carbocycles. The average Bonchev–Trinajstić information content (AvgIpc) is 2.32. The lowest BCUT2D eigenvalue weighted by atomic mass is 10.2. The van der Waals surface area contributed by atoms with E-state index in [1.54, 1.807) is 18.2 Å². The number of amides is 1. The van der Waals surface area contributed by atoms with Gasteiger partial charge in [-0.15, -0.1) is 0 Å². The number of phenols is 1. The molecule has 0 unspecified atom stereocenters. The van der Waals surface area contributed by atoms with Crippen molar-refractivity contribution in [3.8, 4) is 5.75 Å². The highest BCUT2D eigenvalue weighted by Gasteiger charge is 2.08. The van der Waals surface area contributed by atoms with Gasteiger partial charge in [-0.1, -0.05) is 18.2 Å². The molecule has 1 amide bonds. The molecule has 2 aromatic rings. The second-order valence-corrected chi connectivity index (χ2v) is 3.40. The fraction of sp³-hybridized carbons (Fsp3) is 0. The molecule has 0 aliphatic rings. The maximum atomic E-state index is 11.7. The second kappa shape index (κ2) is 4.52. The molecule has 3 N–H and O–H groups in total. The summed E-state index contributed by atoms with van der Waals surface area (Å²) in [6.07, 6.45) is 0. The van der Waals surface area contributed by atoms with Crippen molar-refractivity contribution in [1.82, 2.24) is 4.98 Å². The van der Waals surface area contributed by atoms with E-state index in [4.69, 9.17) is 0 Å². The number of hydrogen-bond acceptors (Lipinski definition) is 3. The molecule has 0 saturated carbocycles. The highest BCUT2D eigenvalue weighted by atomic mass is 16.3. The molecule has 0 spiro atoms. The lowest BCUT2D eigenvalue weighted by Gasteiger charge is -2.06. The number of benzene rings is 1. The van der Waals surface area contributed by atoms with E-state index >= 15 is 0 Å². The Labute approximate surface area is 96.7 Å². The number of rotatable bonds is 2. The normalized spacial score (nSPS) is 9.88. The number of carbonyl (C=O) groups excluding carboxylic acids is 1. The van der Waals surface area contributed by atoms with Crippen LogP contribution in [0.1, 0.15) is 10.5 Å². The smallest absolute Gasteiger partial charge is 0.272 e.